The van der Waals surface area contributed by atoms with Crippen molar-refractivity contribution in [3.8, 4) is 5.75 Å². The number of fused-ring (bicyclic) bond motifs is 5. The first kappa shape index (κ1) is 104. The van der Waals surface area contributed by atoms with Crippen molar-refractivity contribution in [1.82, 2.24) is 79.0 Å². The Morgan fingerprint density at radius 3 is 1.85 bits per heavy atom. The standard InChI is InChI=1S/C83H114N16O27S3/c1-5-44(2)69-75(115)87-37-66(107)89-61-42-129(125)77-52(34-58(71(111)86-38-67(108)97-69)91-76(116)70(46(4)62(103)40-100)98-83(43-101)36-49(102)39-99(83)78(117)59(35-63(84)104)92-74(61)114)51-23-22-50(33-55(51)94-77)126-30-28-45(3)128-127-41-60(81(122)123)93-73(113)57(32-48-19-13-10-14-20-48)90-72(112)56(31-47-17-11-9-12-18-47)88-65(106)21-15-7-6-8-16-29-85-64(105)26-24-53(79(118)119)95-82(124)96-54(80(120)121)25-27-68(109)110/h9-14,17-20,22-23,33,43-46,49,53-54,56-62,69-70,94,98,100,102-103H,5-8,15-16,21,24-32,34-42H2,1-4H3,(H2,84,104)(H,85,105)(H,86,111)(H,87,115)(H,88,106)(H,89,107)(H,90,112)(H,91,116)(H,92,114)(H,93,113)(H,97,108)(H,109,110)(H,118,119)(H,120,121)(H,122,123)(H2,95,96,124)/t44-,45?,46-,49+,53?,54?,56-,57-,58?,59-,60?,61?,62-,69-,70-,83?,129?/m0/s1. The molecule has 23 N–H and O–H groups in total. The monoisotopic (exact) mass is 1860 g/mol. The first-order valence-corrected chi connectivity index (χ1v) is 45.7. The van der Waals surface area contributed by atoms with Crippen molar-refractivity contribution < 1.29 is 131 Å². The number of primary amides is 1. The lowest BCUT2D eigenvalue weighted by atomic mass is 9.92. The number of aromatic amines is 1. The second kappa shape index (κ2) is 51.5. The van der Waals surface area contributed by atoms with Crippen LogP contribution in [0.25, 0.3) is 10.9 Å². The van der Waals surface area contributed by atoms with Gasteiger partial charge in [-0.25, -0.2) is 19.2 Å². The molecule has 129 heavy (non-hydrogen) atoms. The van der Waals surface area contributed by atoms with Gasteiger partial charge in [-0.15, -0.1) is 0 Å². The molecule has 1 fully saturated rings. The Morgan fingerprint density at radius 1 is 0.667 bits per heavy atom. The van der Waals surface area contributed by atoms with E-state index in [1.807, 2.05) is 12.2 Å². The van der Waals surface area contributed by atoms with Crippen LogP contribution in [0.15, 0.2) is 83.9 Å². The van der Waals surface area contributed by atoms with E-state index in [1.165, 1.54) is 35.9 Å². The molecule has 706 valence electrons. The number of urea groups is 1. The van der Waals surface area contributed by atoms with E-state index in [0.717, 1.165) is 15.7 Å². The van der Waals surface area contributed by atoms with E-state index in [2.05, 4.69) is 68.8 Å². The Kier molecular flexibility index (Phi) is 41.7. The number of carbonyl (C=O) groups excluding carboxylic acids is 14. The normalized spacial score (nSPS) is 21.6. The summed E-state index contributed by atoms with van der Waals surface area (Å²) in [4.78, 5) is 246. The number of nitrogens with one attached hydrogen (secondary N) is 14. The number of carbonyl (C=O) groups is 18. The number of amides is 14. The van der Waals surface area contributed by atoms with Crippen molar-refractivity contribution in [3.05, 3.63) is 95.6 Å². The van der Waals surface area contributed by atoms with Gasteiger partial charge in [-0.1, -0.05) is 136 Å². The molecular formula is C83H114N16O27S3. The highest BCUT2D eigenvalue weighted by Gasteiger charge is 2.53. The zero-order chi connectivity index (χ0) is 94.8. The van der Waals surface area contributed by atoms with Crippen LogP contribution in [0.5, 0.6) is 5.75 Å². The summed E-state index contributed by atoms with van der Waals surface area (Å²) < 4.78 is 21.6. The molecule has 1 saturated heterocycles. The fourth-order valence-corrected chi connectivity index (χ4v) is 18.2. The Balaban J connectivity index is 1.03. The SMILES string of the molecule is CC[C@H](C)[C@@H]1NC(=O)CNC(=O)C2Cc3c([nH]c4cc(OCCC(C)SSCC(NC(=O)[C@H](Cc5ccccc5)NC(=O)[C@H](Cc5ccccc5)NC(=O)CCCCCCCNC(=O)CCC(NC(=O)NC(CCC(=O)O)C(=O)O)C(=O)O)C(=O)O)ccc34)[S+]([O-])CC(NC(=O)CNC1=O)C(=O)N[C@@H](CC(N)=O)C(=O)N1C[C@H](O)CC1(C=O)N[C@@H]([C@@H](C)[C@@H](O)CO)C(=O)N2. The number of H-pyrrole nitrogens is 1. The molecule has 8 unspecified atom stereocenters. The first-order chi connectivity index (χ1) is 61.3. The summed E-state index contributed by atoms with van der Waals surface area (Å²) >= 11 is -2.52. The molecule has 7 rings (SSSR count). The number of hydrogen-bond donors (Lipinski definition) is 22. The summed E-state index contributed by atoms with van der Waals surface area (Å²) in [7, 11) is 2.39. The van der Waals surface area contributed by atoms with Crippen LogP contribution in [0.2, 0.25) is 0 Å². The minimum atomic E-state index is -2.52. The fraction of sp³-hybridized carbons (Fsp3) is 0.542. The van der Waals surface area contributed by atoms with Gasteiger partial charge in [0.05, 0.1) is 56.5 Å². The molecule has 3 aromatic carbocycles. The molecule has 0 spiro atoms. The Morgan fingerprint density at radius 2 is 1.26 bits per heavy atom. The predicted molar refractivity (Wildman–Crippen MR) is 465 cm³/mol. The molecule has 4 aromatic rings. The van der Waals surface area contributed by atoms with Crippen LogP contribution in [0.4, 0.5) is 4.79 Å². The molecule has 0 radical (unpaired) electrons. The second-order valence-electron chi connectivity index (χ2n) is 31.7. The van der Waals surface area contributed by atoms with Gasteiger partial charge < -0.3 is 124 Å². The molecule has 3 aliphatic rings. The average Bonchev–Trinajstić information content (AvgIpc) is 1.62. The summed E-state index contributed by atoms with van der Waals surface area (Å²) in [5.74, 6) is -19.9. The van der Waals surface area contributed by atoms with Gasteiger partial charge in [0.2, 0.25) is 75.9 Å². The van der Waals surface area contributed by atoms with E-state index in [4.69, 9.17) is 15.6 Å². The molecule has 1 aromatic heterocycles. The molecule has 14 amide bonds. The number of aromatic nitrogens is 1. The third-order valence-electron chi connectivity index (χ3n) is 21.8. The number of hydrogen-bond acceptors (Lipinski definition) is 26. The molecule has 2 bridgehead atoms. The van der Waals surface area contributed by atoms with E-state index >= 15 is 9.35 Å². The average molecular weight is 1860 g/mol. The van der Waals surface area contributed by atoms with E-state index in [9.17, 15) is 112 Å². The minimum absolute atomic E-state index is 0.00623. The molecule has 17 atom stereocenters. The van der Waals surface area contributed by atoms with Crippen molar-refractivity contribution in [1.29, 1.82) is 0 Å². The summed E-state index contributed by atoms with van der Waals surface area (Å²) in [6.45, 7) is 3.33. The summed E-state index contributed by atoms with van der Waals surface area (Å²) in [6.07, 6.45) is -3.81. The third kappa shape index (κ3) is 32.8. The molecule has 4 heterocycles. The van der Waals surface area contributed by atoms with Crippen molar-refractivity contribution in [3.63, 3.8) is 0 Å². The highest BCUT2D eigenvalue weighted by Crippen LogP contribution is 2.35. The minimum Gasteiger partial charge on any atom is -0.610 e. The van der Waals surface area contributed by atoms with Crippen LogP contribution in [-0.2, 0) is 112 Å². The zero-order valence-electron chi connectivity index (χ0n) is 71.5. The number of carboxylic acids is 4. The van der Waals surface area contributed by atoms with E-state index in [0.29, 0.717) is 56.1 Å². The topological polar surface area (TPSA) is 683 Å². The number of unbranched alkanes of at least 4 members (excludes halogenated alkanes) is 4. The predicted octanol–water partition coefficient (Wildman–Crippen LogP) is -2.76. The van der Waals surface area contributed by atoms with Crippen molar-refractivity contribution >= 4 is 151 Å². The van der Waals surface area contributed by atoms with E-state index in [1.54, 1.807) is 74.5 Å². The number of nitrogens with zero attached hydrogens (tertiary/aromatic N) is 1. The third-order valence-corrected chi connectivity index (χ3v) is 26.2. The summed E-state index contributed by atoms with van der Waals surface area (Å²) in [6, 6.07) is 4.48. The van der Waals surface area contributed by atoms with Gasteiger partial charge in [0, 0.05) is 103 Å². The number of ether oxygens (including phenoxy) is 1. The Labute approximate surface area is 752 Å². The Hall–Kier alpha value is -11.7. The summed E-state index contributed by atoms with van der Waals surface area (Å²) in [5, 5.41) is 103. The van der Waals surface area contributed by atoms with Crippen molar-refractivity contribution in [2.24, 2.45) is 17.6 Å². The molecule has 3 aliphatic heterocycles. The number of nitrogens with two attached hydrogens (primary N) is 1. The van der Waals surface area contributed by atoms with Gasteiger partial charge in [-0.2, -0.15) is 0 Å². The maximum absolute atomic E-state index is 15.3. The van der Waals surface area contributed by atoms with Gasteiger partial charge in [-0.05, 0) is 61.3 Å². The fourth-order valence-electron chi connectivity index (χ4n) is 14.4. The number of aliphatic carboxylic acids is 4. The van der Waals surface area contributed by atoms with Crippen LogP contribution < -0.4 is 79.6 Å². The van der Waals surface area contributed by atoms with Gasteiger partial charge in [0.1, 0.15) is 59.8 Å². The van der Waals surface area contributed by atoms with E-state index in [-0.39, 0.29) is 89.8 Å². The maximum atomic E-state index is 15.3. The van der Waals surface area contributed by atoms with E-state index < -0.39 is 266 Å². The quantitative estimate of drug-likeness (QED) is 0.00923. The van der Waals surface area contributed by atoms with Crippen LogP contribution in [0.3, 0.4) is 0 Å². The van der Waals surface area contributed by atoms with Gasteiger partial charge >= 0.3 is 29.9 Å². The van der Waals surface area contributed by atoms with Crippen LogP contribution in [-0.4, -0.2) is 292 Å². The number of carboxylic acid groups (broad SMARTS) is 4. The highest BCUT2D eigenvalue weighted by atomic mass is 33.1. The van der Waals surface area contributed by atoms with Crippen molar-refractivity contribution in [2.75, 3.05) is 50.9 Å². The highest BCUT2D eigenvalue weighted by molar-refractivity contribution is 8.77. The maximum Gasteiger partial charge on any atom is 0.327 e. The lowest BCUT2D eigenvalue weighted by Gasteiger charge is -2.40. The summed E-state index contributed by atoms with van der Waals surface area (Å²) in [5.41, 5.74) is 4.69. The number of rotatable bonds is 44. The number of aldehydes is 1. The van der Waals surface area contributed by atoms with Crippen molar-refractivity contribution in [2.45, 2.75) is 225 Å². The Bertz CT molecular complexity index is 4620. The smallest absolute Gasteiger partial charge is 0.327 e. The molecular weight excluding hydrogens is 1750 g/mol. The molecule has 46 heteroatoms. The second-order valence-corrected chi connectivity index (χ2v) is 36.0. The van der Waals surface area contributed by atoms with Crippen LogP contribution in [0.1, 0.15) is 134 Å². The van der Waals surface area contributed by atoms with Crippen LogP contribution >= 0.6 is 21.6 Å². The largest absolute Gasteiger partial charge is 0.610 e. The zero-order valence-corrected chi connectivity index (χ0v) is 73.9. The molecule has 43 nitrogen and oxygen atoms in total. The van der Waals surface area contributed by atoms with Crippen LogP contribution in [0, 0.1) is 11.8 Å². The van der Waals surface area contributed by atoms with Gasteiger partial charge in [0.25, 0.3) is 0 Å². The lowest BCUT2D eigenvalue weighted by Crippen LogP contribution is -2.69. The number of aliphatic hydroxyl groups is 3. The molecule has 0 aliphatic carbocycles. The number of aliphatic hydroxyl groups excluding tert-OH is 3. The lowest BCUT2D eigenvalue weighted by molar-refractivity contribution is -0.147. The first-order valence-electron chi connectivity index (χ1n) is 42.0. The van der Waals surface area contributed by atoms with Gasteiger partial charge in [0.15, 0.2) is 18.0 Å². The van der Waals surface area contributed by atoms with Gasteiger partial charge in [-0.3, -0.25) is 72.4 Å². The molecule has 0 saturated carbocycles. The number of benzene rings is 3.